The van der Waals surface area contributed by atoms with Crippen LogP contribution >= 0.6 is 0 Å². The second-order valence-electron chi connectivity index (χ2n) is 15.2. The SMILES string of the molecule is c1ccc(-c2cc(-c3cccc(-c4ccc5ccc6cccc7ccc4c5c67)c3)ccc2-c2cccc(-c3ccc4ccc5cccc6ccc3c4c56)c2)cc1. The Morgan fingerprint density at radius 1 is 0.179 bits per heavy atom. The fraction of sp³-hybridized carbons (Fsp3) is 0. The van der Waals surface area contributed by atoms with Crippen molar-refractivity contribution in [2.75, 3.05) is 0 Å². The minimum atomic E-state index is 1.20. The smallest absolute Gasteiger partial charge is 0.00206 e. The highest BCUT2D eigenvalue weighted by Crippen LogP contribution is 2.43. The summed E-state index contributed by atoms with van der Waals surface area (Å²) in [6, 6.07) is 76.7. The highest BCUT2D eigenvalue weighted by molar-refractivity contribution is 6.26. The molecule has 0 saturated heterocycles. The molecule has 0 aliphatic heterocycles. The molecule has 0 atom stereocenters. The standard InChI is InChI=1S/C56H34/c1-2-8-35(9-3-1)52-34-43(42-14-6-15-44(32-42)47-27-22-40-20-18-36-10-4-12-38-24-30-50(47)55(40)53(36)38)26-29-49(52)46-17-7-16-45(33-46)48-28-23-41-21-19-37-11-5-13-39-25-31-51(48)56(41)54(37)39/h1-34H. The molecule has 0 fully saturated rings. The van der Waals surface area contributed by atoms with Crippen LogP contribution in [0.1, 0.15) is 0 Å². The van der Waals surface area contributed by atoms with Crippen LogP contribution in [-0.2, 0) is 0 Å². The van der Waals surface area contributed by atoms with E-state index in [1.165, 1.54) is 120 Å². The molecular weight excluding hydrogens is 673 g/mol. The van der Waals surface area contributed by atoms with Crippen molar-refractivity contribution in [1.82, 2.24) is 0 Å². The predicted molar refractivity (Wildman–Crippen MR) is 241 cm³/mol. The Hall–Kier alpha value is -7.28. The zero-order chi connectivity index (χ0) is 36.7. The van der Waals surface area contributed by atoms with Gasteiger partial charge in [0.25, 0.3) is 0 Å². The Morgan fingerprint density at radius 3 is 1.11 bits per heavy atom. The van der Waals surface area contributed by atoms with Crippen LogP contribution in [0.2, 0.25) is 0 Å². The second-order valence-corrected chi connectivity index (χ2v) is 15.2. The largest absolute Gasteiger partial charge is 0.0622 e. The Kier molecular flexibility index (Phi) is 6.73. The third kappa shape index (κ3) is 4.73. The van der Waals surface area contributed by atoms with Crippen LogP contribution in [0, 0.1) is 0 Å². The minimum absolute atomic E-state index is 1.20. The molecule has 0 bridgehead atoms. The number of hydrogen-bond donors (Lipinski definition) is 0. The van der Waals surface area contributed by atoms with Gasteiger partial charge in [-0.25, -0.2) is 0 Å². The van der Waals surface area contributed by atoms with Crippen LogP contribution in [-0.4, -0.2) is 0 Å². The Labute approximate surface area is 325 Å². The molecule has 0 radical (unpaired) electrons. The minimum Gasteiger partial charge on any atom is -0.0622 e. The Balaban J connectivity index is 0.987. The van der Waals surface area contributed by atoms with Gasteiger partial charge in [0.2, 0.25) is 0 Å². The first-order valence-electron chi connectivity index (χ1n) is 19.5. The van der Waals surface area contributed by atoms with Gasteiger partial charge in [0.1, 0.15) is 0 Å². The molecule has 0 nitrogen and oxygen atoms in total. The van der Waals surface area contributed by atoms with Crippen molar-refractivity contribution < 1.29 is 0 Å². The van der Waals surface area contributed by atoms with Gasteiger partial charge in [0.15, 0.2) is 0 Å². The lowest BCUT2D eigenvalue weighted by Crippen LogP contribution is -1.90. The first-order valence-corrected chi connectivity index (χ1v) is 19.5. The van der Waals surface area contributed by atoms with Crippen LogP contribution in [0.3, 0.4) is 0 Å². The van der Waals surface area contributed by atoms with E-state index in [0.717, 1.165) is 0 Å². The molecule has 12 aromatic rings. The maximum atomic E-state index is 2.39. The van der Waals surface area contributed by atoms with E-state index in [4.69, 9.17) is 0 Å². The van der Waals surface area contributed by atoms with Crippen molar-refractivity contribution >= 4 is 64.6 Å². The van der Waals surface area contributed by atoms with Crippen molar-refractivity contribution in [2.24, 2.45) is 0 Å². The summed E-state index contributed by atoms with van der Waals surface area (Å²) in [5.41, 5.74) is 12.3. The van der Waals surface area contributed by atoms with E-state index in [0.29, 0.717) is 0 Å². The first-order chi connectivity index (χ1) is 27.7. The van der Waals surface area contributed by atoms with Crippen LogP contribution in [0.5, 0.6) is 0 Å². The Morgan fingerprint density at radius 2 is 0.554 bits per heavy atom. The second kappa shape index (κ2) is 12.1. The average Bonchev–Trinajstić information content (AvgIpc) is 3.27. The van der Waals surface area contributed by atoms with E-state index in [1.807, 2.05) is 0 Å². The summed E-state index contributed by atoms with van der Waals surface area (Å²) in [6.07, 6.45) is 0. The molecule has 0 aromatic heterocycles. The number of rotatable bonds is 5. The van der Waals surface area contributed by atoms with E-state index in [9.17, 15) is 0 Å². The Bertz CT molecular complexity index is 3430. The normalized spacial score (nSPS) is 11.9. The molecule has 0 heteroatoms. The van der Waals surface area contributed by atoms with E-state index in [2.05, 4.69) is 206 Å². The summed E-state index contributed by atoms with van der Waals surface area (Å²) >= 11 is 0. The third-order valence-corrected chi connectivity index (χ3v) is 12.2. The van der Waals surface area contributed by atoms with Crippen LogP contribution in [0.15, 0.2) is 206 Å². The van der Waals surface area contributed by atoms with Gasteiger partial charge in [-0.1, -0.05) is 188 Å². The van der Waals surface area contributed by atoms with Crippen LogP contribution < -0.4 is 0 Å². The average molecular weight is 707 g/mol. The summed E-state index contributed by atoms with van der Waals surface area (Å²) in [7, 11) is 0. The van der Waals surface area contributed by atoms with Crippen molar-refractivity contribution in [2.45, 2.75) is 0 Å². The molecule has 0 saturated carbocycles. The number of benzene rings is 12. The van der Waals surface area contributed by atoms with Crippen molar-refractivity contribution in [1.29, 1.82) is 0 Å². The van der Waals surface area contributed by atoms with Gasteiger partial charge < -0.3 is 0 Å². The van der Waals surface area contributed by atoms with E-state index >= 15 is 0 Å². The van der Waals surface area contributed by atoms with Gasteiger partial charge in [-0.15, -0.1) is 0 Å². The lowest BCUT2D eigenvalue weighted by molar-refractivity contribution is 1.56. The highest BCUT2D eigenvalue weighted by atomic mass is 14.2. The molecule has 0 unspecified atom stereocenters. The van der Waals surface area contributed by atoms with Crippen molar-refractivity contribution in [3.63, 3.8) is 0 Å². The molecule has 12 aromatic carbocycles. The first kappa shape index (κ1) is 31.1. The molecule has 0 N–H and O–H groups in total. The van der Waals surface area contributed by atoms with E-state index in [-0.39, 0.29) is 0 Å². The molecule has 0 aliphatic rings. The quantitative estimate of drug-likeness (QED) is 0.156. The van der Waals surface area contributed by atoms with Gasteiger partial charge in [0.05, 0.1) is 0 Å². The fourth-order valence-corrected chi connectivity index (χ4v) is 9.53. The zero-order valence-electron chi connectivity index (χ0n) is 30.6. The van der Waals surface area contributed by atoms with Crippen molar-refractivity contribution in [3.05, 3.63) is 206 Å². The van der Waals surface area contributed by atoms with Crippen molar-refractivity contribution in [3.8, 4) is 55.6 Å². The molecule has 12 rings (SSSR count). The third-order valence-electron chi connectivity index (χ3n) is 12.2. The molecule has 56 heavy (non-hydrogen) atoms. The highest BCUT2D eigenvalue weighted by Gasteiger charge is 2.16. The topological polar surface area (TPSA) is 0 Å². The summed E-state index contributed by atoms with van der Waals surface area (Å²) in [4.78, 5) is 0. The molecule has 0 aliphatic carbocycles. The molecule has 0 heterocycles. The maximum absolute atomic E-state index is 2.39. The molecular formula is C56H34. The fourth-order valence-electron chi connectivity index (χ4n) is 9.53. The van der Waals surface area contributed by atoms with E-state index in [1.54, 1.807) is 0 Å². The summed E-state index contributed by atoms with van der Waals surface area (Å²) in [6.45, 7) is 0. The van der Waals surface area contributed by atoms with Crippen LogP contribution in [0.25, 0.3) is 120 Å². The molecule has 0 spiro atoms. The maximum Gasteiger partial charge on any atom is -0.00206 e. The number of hydrogen-bond acceptors (Lipinski definition) is 0. The summed E-state index contributed by atoms with van der Waals surface area (Å²) < 4.78 is 0. The van der Waals surface area contributed by atoms with Gasteiger partial charge in [0, 0.05) is 0 Å². The van der Waals surface area contributed by atoms with Gasteiger partial charge in [-0.2, -0.15) is 0 Å². The van der Waals surface area contributed by atoms with Crippen LogP contribution in [0.4, 0.5) is 0 Å². The van der Waals surface area contributed by atoms with Gasteiger partial charge >= 0.3 is 0 Å². The summed E-state index contributed by atoms with van der Waals surface area (Å²) in [5.74, 6) is 0. The predicted octanol–water partition coefficient (Wildman–Crippen LogP) is 15.8. The lowest BCUT2D eigenvalue weighted by atomic mass is 9.87. The van der Waals surface area contributed by atoms with Gasteiger partial charge in [-0.05, 0) is 138 Å². The summed E-state index contributed by atoms with van der Waals surface area (Å²) in [5, 5.41) is 15.7. The van der Waals surface area contributed by atoms with E-state index < -0.39 is 0 Å². The lowest BCUT2D eigenvalue weighted by Gasteiger charge is -2.17. The molecule has 258 valence electrons. The zero-order valence-corrected chi connectivity index (χ0v) is 30.6. The van der Waals surface area contributed by atoms with Gasteiger partial charge in [-0.3, -0.25) is 0 Å². The monoisotopic (exact) mass is 706 g/mol. The molecule has 0 amide bonds.